The zero-order valence-corrected chi connectivity index (χ0v) is 12.4. The third-order valence-electron chi connectivity index (χ3n) is 4.10. The van der Waals surface area contributed by atoms with Crippen LogP contribution in [-0.4, -0.2) is 38.4 Å². The van der Waals surface area contributed by atoms with Gasteiger partial charge >= 0.3 is 0 Å². The summed E-state index contributed by atoms with van der Waals surface area (Å²) in [6.07, 6.45) is 2.07. The number of fused-ring (bicyclic) bond motifs is 1. The van der Waals surface area contributed by atoms with E-state index in [0.717, 1.165) is 19.4 Å². The molecule has 2 heterocycles. The summed E-state index contributed by atoms with van der Waals surface area (Å²) in [7, 11) is -3.82. The molecule has 2 atom stereocenters. The first-order valence-electron chi connectivity index (χ1n) is 6.67. The van der Waals surface area contributed by atoms with Gasteiger partial charge in [-0.25, -0.2) is 12.8 Å². The maximum atomic E-state index is 14.0. The number of sulfonamides is 1. The number of piperidine rings is 1. The number of hydrogen-bond donors (Lipinski definition) is 1. The largest absolute Gasteiger partial charge is 0.312 e. The van der Waals surface area contributed by atoms with Crippen LogP contribution in [0.3, 0.4) is 0 Å². The Labute approximate surface area is 123 Å². The lowest BCUT2D eigenvalue weighted by atomic mass is 9.94. The molecule has 0 bridgehead atoms. The van der Waals surface area contributed by atoms with Crippen LogP contribution in [0, 0.1) is 11.7 Å². The van der Waals surface area contributed by atoms with Gasteiger partial charge in [-0.15, -0.1) is 0 Å². The molecule has 2 aliphatic heterocycles. The fourth-order valence-corrected chi connectivity index (χ4v) is 4.87. The molecule has 20 heavy (non-hydrogen) atoms. The first-order valence-corrected chi connectivity index (χ1v) is 8.49. The van der Waals surface area contributed by atoms with E-state index < -0.39 is 15.8 Å². The minimum atomic E-state index is -3.82. The van der Waals surface area contributed by atoms with Gasteiger partial charge < -0.3 is 5.32 Å². The molecule has 0 amide bonds. The lowest BCUT2D eigenvalue weighted by Gasteiger charge is -2.24. The fourth-order valence-electron chi connectivity index (χ4n) is 3.03. The van der Waals surface area contributed by atoms with Crippen molar-refractivity contribution in [3.63, 3.8) is 0 Å². The molecule has 2 unspecified atom stereocenters. The van der Waals surface area contributed by atoms with Gasteiger partial charge in [0, 0.05) is 19.1 Å². The number of halogens is 2. The highest BCUT2D eigenvalue weighted by Crippen LogP contribution is 2.31. The van der Waals surface area contributed by atoms with Crippen LogP contribution in [-0.2, 0) is 10.0 Å². The molecule has 0 aliphatic carbocycles. The van der Waals surface area contributed by atoms with Crippen molar-refractivity contribution in [1.82, 2.24) is 9.62 Å². The summed E-state index contributed by atoms with van der Waals surface area (Å²) in [5, 5.41) is 3.17. The van der Waals surface area contributed by atoms with E-state index in [0.29, 0.717) is 19.0 Å². The minimum absolute atomic E-state index is 0.166. The molecule has 0 aromatic heterocycles. The van der Waals surface area contributed by atoms with Crippen molar-refractivity contribution in [3.05, 3.63) is 29.0 Å². The molecule has 0 saturated carbocycles. The normalized spacial score (nSPS) is 27.5. The highest BCUT2D eigenvalue weighted by molar-refractivity contribution is 7.89. The van der Waals surface area contributed by atoms with Crippen LogP contribution < -0.4 is 5.32 Å². The summed E-state index contributed by atoms with van der Waals surface area (Å²) in [4.78, 5) is -0.330. The fraction of sp³-hybridized carbons (Fsp3) is 0.538. The number of hydrogen-bond acceptors (Lipinski definition) is 3. The summed E-state index contributed by atoms with van der Waals surface area (Å²) in [5.41, 5.74) is 0. The number of nitrogens with one attached hydrogen (secondary N) is 1. The molecule has 2 saturated heterocycles. The van der Waals surface area contributed by atoms with Crippen molar-refractivity contribution in [2.75, 3.05) is 19.6 Å². The summed E-state index contributed by atoms with van der Waals surface area (Å²) in [5.74, 6) is -0.544. The molecule has 1 N–H and O–H groups in total. The van der Waals surface area contributed by atoms with Gasteiger partial charge in [0.25, 0.3) is 0 Å². The average molecular weight is 319 g/mol. The van der Waals surface area contributed by atoms with Crippen molar-refractivity contribution in [1.29, 1.82) is 0 Å². The van der Waals surface area contributed by atoms with Gasteiger partial charge in [-0.3, -0.25) is 0 Å². The van der Waals surface area contributed by atoms with Gasteiger partial charge in [0.15, 0.2) is 5.82 Å². The second kappa shape index (κ2) is 5.26. The quantitative estimate of drug-likeness (QED) is 0.905. The van der Waals surface area contributed by atoms with Crippen molar-refractivity contribution in [3.8, 4) is 0 Å². The monoisotopic (exact) mass is 318 g/mol. The van der Waals surface area contributed by atoms with Crippen molar-refractivity contribution >= 4 is 21.6 Å². The van der Waals surface area contributed by atoms with Crippen LogP contribution in [0.5, 0.6) is 0 Å². The van der Waals surface area contributed by atoms with Gasteiger partial charge in [-0.05, 0) is 37.4 Å². The van der Waals surface area contributed by atoms with Gasteiger partial charge in [-0.2, -0.15) is 4.31 Å². The van der Waals surface area contributed by atoms with Crippen LogP contribution in [0.25, 0.3) is 0 Å². The predicted molar refractivity (Wildman–Crippen MR) is 74.7 cm³/mol. The highest BCUT2D eigenvalue weighted by Gasteiger charge is 2.41. The first kappa shape index (κ1) is 14.3. The van der Waals surface area contributed by atoms with E-state index in [-0.39, 0.29) is 16.0 Å². The molecule has 1 aromatic carbocycles. The van der Waals surface area contributed by atoms with E-state index in [1.807, 2.05) is 0 Å². The Bertz CT molecular complexity index is 609. The third-order valence-corrected chi connectivity index (χ3v) is 6.24. The third kappa shape index (κ3) is 2.35. The Morgan fingerprint density at radius 1 is 1.35 bits per heavy atom. The summed E-state index contributed by atoms with van der Waals surface area (Å²) >= 11 is 5.68. The van der Waals surface area contributed by atoms with Crippen LogP contribution >= 0.6 is 11.6 Å². The van der Waals surface area contributed by atoms with Crippen molar-refractivity contribution < 1.29 is 12.8 Å². The number of nitrogens with zero attached hydrogens (tertiary/aromatic N) is 1. The molecular weight excluding hydrogens is 303 g/mol. The van der Waals surface area contributed by atoms with E-state index >= 15 is 0 Å². The zero-order chi connectivity index (χ0) is 14.3. The second-order valence-electron chi connectivity index (χ2n) is 5.34. The molecule has 110 valence electrons. The maximum absolute atomic E-state index is 14.0. The van der Waals surface area contributed by atoms with Gasteiger partial charge in [0.2, 0.25) is 10.0 Å². The summed E-state index contributed by atoms with van der Waals surface area (Å²) < 4.78 is 40.4. The summed E-state index contributed by atoms with van der Waals surface area (Å²) in [6, 6.07) is 4.26. The zero-order valence-electron chi connectivity index (χ0n) is 10.9. The SMILES string of the molecule is O=S(=O)(c1cccc(Cl)c1F)N1CC2CCCNC2C1. The second-order valence-corrected chi connectivity index (χ2v) is 7.65. The molecule has 0 spiro atoms. The Hall–Kier alpha value is -0.690. The van der Waals surface area contributed by atoms with Crippen LogP contribution in [0.2, 0.25) is 5.02 Å². The maximum Gasteiger partial charge on any atom is 0.246 e. The number of rotatable bonds is 2. The number of benzene rings is 1. The molecular formula is C13H16ClFN2O2S. The van der Waals surface area contributed by atoms with Crippen LogP contribution in [0.4, 0.5) is 4.39 Å². The molecule has 7 heteroatoms. The van der Waals surface area contributed by atoms with Crippen LogP contribution in [0.15, 0.2) is 23.1 Å². The average Bonchev–Trinajstić information content (AvgIpc) is 2.86. The topological polar surface area (TPSA) is 49.4 Å². The Kier molecular flexibility index (Phi) is 3.75. The van der Waals surface area contributed by atoms with E-state index in [1.54, 1.807) is 0 Å². The smallest absolute Gasteiger partial charge is 0.246 e. The molecule has 4 nitrogen and oxygen atoms in total. The first-order chi connectivity index (χ1) is 9.50. The van der Waals surface area contributed by atoms with E-state index in [9.17, 15) is 12.8 Å². The molecule has 0 radical (unpaired) electrons. The standard InChI is InChI=1S/C13H16ClFN2O2S/c14-10-4-1-5-12(13(10)15)20(18,19)17-7-9-3-2-6-16-11(9)8-17/h1,4-5,9,11,16H,2-3,6-8H2. The highest BCUT2D eigenvalue weighted by atomic mass is 35.5. The lowest BCUT2D eigenvalue weighted by molar-refractivity contribution is 0.339. The molecule has 2 fully saturated rings. The van der Waals surface area contributed by atoms with E-state index in [2.05, 4.69) is 5.32 Å². The van der Waals surface area contributed by atoms with Gasteiger partial charge in [0.1, 0.15) is 4.90 Å². The van der Waals surface area contributed by atoms with E-state index in [4.69, 9.17) is 11.6 Å². The minimum Gasteiger partial charge on any atom is -0.312 e. The summed E-state index contributed by atoms with van der Waals surface area (Å²) in [6.45, 7) is 1.77. The van der Waals surface area contributed by atoms with E-state index in [1.165, 1.54) is 22.5 Å². The molecule has 3 rings (SSSR count). The van der Waals surface area contributed by atoms with Gasteiger partial charge in [-0.1, -0.05) is 17.7 Å². The predicted octanol–water partition coefficient (Wildman–Crippen LogP) is 1.85. The Morgan fingerprint density at radius 3 is 2.90 bits per heavy atom. The van der Waals surface area contributed by atoms with Crippen molar-refractivity contribution in [2.45, 2.75) is 23.8 Å². The van der Waals surface area contributed by atoms with Crippen LogP contribution in [0.1, 0.15) is 12.8 Å². The molecule has 2 aliphatic rings. The lowest BCUT2D eigenvalue weighted by Crippen LogP contribution is -2.41. The Balaban J connectivity index is 1.91. The molecule has 1 aromatic rings. The van der Waals surface area contributed by atoms with Crippen molar-refractivity contribution in [2.24, 2.45) is 5.92 Å². The van der Waals surface area contributed by atoms with Gasteiger partial charge in [0.05, 0.1) is 5.02 Å². The Morgan fingerprint density at radius 2 is 2.15 bits per heavy atom.